The Morgan fingerprint density at radius 3 is 2.13 bits per heavy atom. The van der Waals surface area contributed by atoms with E-state index in [0.717, 1.165) is 6.08 Å². The maximum Gasteiger partial charge on any atom is 0.367 e. The Hall–Kier alpha value is -0.100. The maximum atomic E-state index is 12.6. The molecule has 0 spiro atoms. The third-order valence-electron chi connectivity index (χ3n) is 1.73. The SMILES string of the molecule is OCCCCCC=CC(F)(F)C(F)(F)Br. The van der Waals surface area contributed by atoms with Gasteiger partial charge in [-0.3, -0.25) is 0 Å². The summed E-state index contributed by atoms with van der Waals surface area (Å²) in [5, 5.41) is 8.42. The molecule has 0 saturated carbocycles. The number of alkyl halides is 5. The summed E-state index contributed by atoms with van der Waals surface area (Å²) >= 11 is 1.63. The molecule has 1 nitrogen and oxygen atoms in total. The first-order chi connectivity index (χ1) is 6.81. The zero-order valence-corrected chi connectivity index (χ0v) is 9.61. The molecule has 0 fully saturated rings. The molecule has 15 heavy (non-hydrogen) atoms. The minimum absolute atomic E-state index is 0.0549. The van der Waals surface area contributed by atoms with E-state index in [1.54, 1.807) is 15.9 Å². The lowest BCUT2D eigenvalue weighted by atomic mass is 10.2. The van der Waals surface area contributed by atoms with Gasteiger partial charge in [0.2, 0.25) is 0 Å². The highest BCUT2D eigenvalue weighted by Gasteiger charge is 2.51. The highest BCUT2D eigenvalue weighted by Crippen LogP contribution is 2.40. The Morgan fingerprint density at radius 1 is 1.07 bits per heavy atom. The van der Waals surface area contributed by atoms with Crippen molar-refractivity contribution in [1.29, 1.82) is 0 Å². The number of unbranched alkanes of at least 4 members (excludes halogenated alkanes) is 3. The third-order valence-corrected chi connectivity index (χ3v) is 2.26. The number of aliphatic hydroxyl groups excluding tert-OH is 1. The van der Waals surface area contributed by atoms with Gasteiger partial charge in [-0.25, -0.2) is 0 Å². The molecule has 0 rings (SSSR count). The van der Waals surface area contributed by atoms with Crippen LogP contribution in [0.4, 0.5) is 17.6 Å². The van der Waals surface area contributed by atoms with E-state index in [-0.39, 0.29) is 12.7 Å². The Labute approximate surface area is 94.3 Å². The molecule has 0 bridgehead atoms. The number of hydrogen-bond donors (Lipinski definition) is 1. The number of hydrogen-bond acceptors (Lipinski definition) is 1. The lowest BCUT2D eigenvalue weighted by Crippen LogP contribution is -2.32. The molecule has 90 valence electrons. The number of allylic oxidation sites excluding steroid dienone is 2. The van der Waals surface area contributed by atoms with Crippen molar-refractivity contribution in [2.75, 3.05) is 6.61 Å². The van der Waals surface area contributed by atoms with Crippen LogP contribution in [0.1, 0.15) is 25.7 Å². The van der Waals surface area contributed by atoms with E-state index in [1.807, 2.05) is 0 Å². The predicted molar refractivity (Wildman–Crippen MR) is 53.5 cm³/mol. The van der Waals surface area contributed by atoms with E-state index in [9.17, 15) is 17.6 Å². The van der Waals surface area contributed by atoms with Crippen molar-refractivity contribution in [1.82, 2.24) is 0 Å². The molecule has 0 aromatic heterocycles. The summed E-state index contributed by atoms with van der Waals surface area (Å²) in [7, 11) is 0. The Morgan fingerprint density at radius 2 is 1.67 bits per heavy atom. The van der Waals surface area contributed by atoms with Gasteiger partial charge in [0.05, 0.1) is 0 Å². The van der Waals surface area contributed by atoms with E-state index < -0.39 is 10.8 Å². The lowest BCUT2D eigenvalue weighted by molar-refractivity contribution is -0.111. The van der Waals surface area contributed by atoms with Crippen molar-refractivity contribution in [2.45, 2.75) is 36.4 Å². The van der Waals surface area contributed by atoms with E-state index in [4.69, 9.17) is 5.11 Å². The first kappa shape index (κ1) is 14.9. The standard InChI is InChI=1S/C9H13BrF4O/c10-9(13,14)8(11,12)6-4-2-1-3-5-7-15/h4,6,15H,1-3,5,7H2. The molecule has 0 saturated heterocycles. The first-order valence-corrected chi connectivity index (χ1v) is 5.33. The molecule has 0 aromatic rings. The van der Waals surface area contributed by atoms with Crippen LogP contribution in [0.5, 0.6) is 0 Å². The maximum absolute atomic E-state index is 12.6. The summed E-state index contributed by atoms with van der Waals surface area (Å²) in [5.74, 6) is -4.16. The molecule has 0 aromatic carbocycles. The Balaban J connectivity index is 3.85. The average Bonchev–Trinajstić information content (AvgIpc) is 2.09. The number of rotatable bonds is 7. The van der Waals surface area contributed by atoms with Crippen LogP contribution in [0, 0.1) is 0 Å². The topological polar surface area (TPSA) is 20.2 Å². The second kappa shape index (κ2) is 6.48. The lowest BCUT2D eigenvalue weighted by Gasteiger charge is -2.17. The van der Waals surface area contributed by atoms with Crippen LogP contribution in [0.15, 0.2) is 12.2 Å². The normalized spacial score (nSPS) is 13.7. The fourth-order valence-corrected chi connectivity index (χ4v) is 1.01. The summed E-state index contributed by atoms with van der Waals surface area (Å²) in [6.07, 6.45) is 3.43. The minimum Gasteiger partial charge on any atom is -0.396 e. The summed E-state index contributed by atoms with van der Waals surface area (Å²) < 4.78 is 49.6. The summed E-state index contributed by atoms with van der Waals surface area (Å²) in [6.45, 7) is 0.0549. The minimum atomic E-state index is -4.21. The van der Waals surface area contributed by atoms with Crippen molar-refractivity contribution in [2.24, 2.45) is 0 Å². The number of aliphatic hydroxyl groups is 1. The van der Waals surface area contributed by atoms with E-state index in [1.165, 1.54) is 0 Å². The highest BCUT2D eigenvalue weighted by molar-refractivity contribution is 9.10. The van der Waals surface area contributed by atoms with Crippen LogP contribution in [0.3, 0.4) is 0 Å². The third kappa shape index (κ3) is 6.14. The second-order valence-corrected chi connectivity index (χ2v) is 4.09. The Kier molecular flexibility index (Phi) is 6.43. The predicted octanol–water partition coefficient (Wildman–Crippen LogP) is 3.72. The van der Waals surface area contributed by atoms with Crippen LogP contribution < -0.4 is 0 Å². The van der Waals surface area contributed by atoms with Gasteiger partial charge in [-0.05, 0) is 41.3 Å². The zero-order valence-electron chi connectivity index (χ0n) is 8.03. The van der Waals surface area contributed by atoms with Gasteiger partial charge >= 0.3 is 10.8 Å². The van der Waals surface area contributed by atoms with Crippen LogP contribution in [0.2, 0.25) is 0 Å². The molecule has 0 unspecified atom stereocenters. The summed E-state index contributed by atoms with van der Waals surface area (Å²) in [5.41, 5.74) is 0. The van der Waals surface area contributed by atoms with E-state index >= 15 is 0 Å². The zero-order chi connectivity index (χ0) is 11.9. The highest BCUT2D eigenvalue weighted by atomic mass is 79.9. The largest absolute Gasteiger partial charge is 0.396 e. The number of halogens is 5. The van der Waals surface area contributed by atoms with Crippen LogP contribution in [-0.4, -0.2) is 22.5 Å². The van der Waals surface area contributed by atoms with Crippen LogP contribution in [0.25, 0.3) is 0 Å². The molecule has 0 heterocycles. The van der Waals surface area contributed by atoms with Gasteiger partial charge in [-0.1, -0.05) is 12.5 Å². The molecular formula is C9H13BrF4O. The van der Waals surface area contributed by atoms with Gasteiger partial charge in [0.1, 0.15) is 0 Å². The monoisotopic (exact) mass is 292 g/mol. The molecule has 1 N–H and O–H groups in total. The van der Waals surface area contributed by atoms with Gasteiger partial charge in [-0.15, -0.1) is 0 Å². The molecule has 0 radical (unpaired) electrons. The molecule has 0 aliphatic heterocycles. The van der Waals surface area contributed by atoms with Gasteiger partial charge in [0.15, 0.2) is 0 Å². The van der Waals surface area contributed by atoms with Crippen molar-refractivity contribution in [3.8, 4) is 0 Å². The summed E-state index contributed by atoms with van der Waals surface area (Å²) in [6, 6.07) is 0. The van der Waals surface area contributed by atoms with Gasteiger partial charge < -0.3 is 5.11 Å². The quantitative estimate of drug-likeness (QED) is 0.328. The Bertz CT molecular complexity index is 201. The second-order valence-electron chi connectivity index (χ2n) is 3.10. The molecule has 0 aliphatic rings. The van der Waals surface area contributed by atoms with Crippen molar-refractivity contribution < 1.29 is 22.7 Å². The van der Waals surface area contributed by atoms with E-state index in [2.05, 4.69) is 0 Å². The first-order valence-electron chi connectivity index (χ1n) is 4.54. The van der Waals surface area contributed by atoms with Crippen molar-refractivity contribution in [3.63, 3.8) is 0 Å². The fraction of sp³-hybridized carbons (Fsp3) is 0.778. The van der Waals surface area contributed by atoms with Crippen molar-refractivity contribution >= 4 is 15.9 Å². The van der Waals surface area contributed by atoms with E-state index in [0.29, 0.717) is 25.7 Å². The fourth-order valence-electron chi connectivity index (χ4n) is 0.877. The smallest absolute Gasteiger partial charge is 0.367 e. The molecule has 0 aliphatic carbocycles. The molecule has 6 heteroatoms. The average molecular weight is 293 g/mol. The summed E-state index contributed by atoms with van der Waals surface area (Å²) in [4.78, 5) is -4.21. The molecule has 0 amide bonds. The van der Waals surface area contributed by atoms with Gasteiger partial charge in [0.25, 0.3) is 0 Å². The van der Waals surface area contributed by atoms with Gasteiger partial charge in [0, 0.05) is 6.61 Å². The molecule has 0 atom stereocenters. The van der Waals surface area contributed by atoms with Gasteiger partial charge in [-0.2, -0.15) is 17.6 Å². The van der Waals surface area contributed by atoms with Crippen molar-refractivity contribution in [3.05, 3.63) is 12.2 Å². The van der Waals surface area contributed by atoms with Crippen LogP contribution >= 0.6 is 15.9 Å². The molecular weight excluding hydrogens is 280 g/mol. The van der Waals surface area contributed by atoms with Crippen LogP contribution in [-0.2, 0) is 0 Å².